The number of hydrogen-bond donors (Lipinski definition) is 3. The smallest absolute Gasteiger partial charge is 0.462 e. The van der Waals surface area contributed by atoms with Crippen LogP contribution in [0.3, 0.4) is 0 Å². The molecule has 0 radical (unpaired) electrons. The third kappa shape index (κ3) is 75.7. The molecule has 0 amide bonds. The van der Waals surface area contributed by atoms with Crippen LogP contribution in [0.5, 0.6) is 0 Å². The van der Waals surface area contributed by atoms with Crippen LogP contribution in [0.25, 0.3) is 0 Å². The van der Waals surface area contributed by atoms with Crippen molar-refractivity contribution < 1.29 is 80.2 Å². The second-order valence-corrected chi connectivity index (χ2v) is 29.9. The summed E-state index contributed by atoms with van der Waals surface area (Å²) in [5.41, 5.74) is 0. The number of hydrogen-bond acceptors (Lipinski definition) is 15. The van der Waals surface area contributed by atoms with Gasteiger partial charge in [-0.25, -0.2) is 9.13 Å². The highest BCUT2D eigenvalue weighted by Crippen LogP contribution is 2.45. The first-order valence-corrected chi connectivity index (χ1v) is 43.8. The molecule has 0 aromatic heterocycles. The lowest BCUT2D eigenvalue weighted by Crippen LogP contribution is -2.30. The van der Waals surface area contributed by atoms with Gasteiger partial charge in [-0.1, -0.05) is 297 Å². The van der Waals surface area contributed by atoms with Crippen molar-refractivity contribution in [2.45, 2.75) is 354 Å². The minimum Gasteiger partial charge on any atom is -0.462 e. The predicted molar refractivity (Wildman–Crippen MR) is 427 cm³/mol. The van der Waals surface area contributed by atoms with Crippen LogP contribution < -0.4 is 0 Å². The number of carbonyl (C=O) groups excluding carboxylic acids is 4. The summed E-state index contributed by atoms with van der Waals surface area (Å²) in [5, 5.41) is 10.6. The maximum absolute atomic E-state index is 13.1. The molecule has 0 bridgehead atoms. The molecule has 0 saturated heterocycles. The van der Waals surface area contributed by atoms with Gasteiger partial charge in [0.1, 0.15) is 19.3 Å². The molecular weight excluding hydrogens is 1350 g/mol. The highest BCUT2D eigenvalue weighted by molar-refractivity contribution is 7.47. The van der Waals surface area contributed by atoms with Crippen LogP contribution in [-0.4, -0.2) is 96.7 Å². The average Bonchev–Trinajstić information content (AvgIpc) is 0.925. The molecule has 0 aliphatic carbocycles. The Bertz CT molecular complexity index is 2440. The first kappa shape index (κ1) is 99.5. The summed E-state index contributed by atoms with van der Waals surface area (Å²) in [5.74, 6) is -2.23. The van der Waals surface area contributed by atoms with Crippen molar-refractivity contribution in [3.63, 3.8) is 0 Å². The summed E-state index contributed by atoms with van der Waals surface area (Å²) in [6.07, 6.45) is 84.6. The fourth-order valence-electron chi connectivity index (χ4n) is 10.8. The molecule has 5 unspecified atom stereocenters. The number of esters is 4. The zero-order valence-electron chi connectivity index (χ0n) is 65.4. The van der Waals surface area contributed by atoms with Crippen molar-refractivity contribution in [1.29, 1.82) is 0 Å². The van der Waals surface area contributed by atoms with Crippen molar-refractivity contribution in [1.82, 2.24) is 0 Å². The summed E-state index contributed by atoms with van der Waals surface area (Å²) in [7, 11) is -9.98. The van der Waals surface area contributed by atoms with E-state index in [1.54, 1.807) is 0 Å². The Morgan fingerprint density at radius 3 is 0.808 bits per heavy atom. The first-order valence-electron chi connectivity index (χ1n) is 40.8. The number of phosphoric acid groups is 2. The van der Waals surface area contributed by atoms with Crippen molar-refractivity contribution >= 4 is 39.5 Å². The van der Waals surface area contributed by atoms with E-state index >= 15 is 0 Å². The summed E-state index contributed by atoms with van der Waals surface area (Å²) < 4.78 is 68.6. The van der Waals surface area contributed by atoms with Crippen molar-refractivity contribution in [3.05, 3.63) is 122 Å². The van der Waals surface area contributed by atoms with Gasteiger partial charge in [0.15, 0.2) is 12.2 Å². The summed E-state index contributed by atoms with van der Waals surface area (Å²) >= 11 is 0. The second-order valence-electron chi connectivity index (χ2n) is 27.0. The number of unbranched alkanes of at least 4 members (excludes halogenated alkanes) is 30. The molecule has 0 saturated carbocycles. The van der Waals surface area contributed by atoms with Crippen LogP contribution in [0, 0.1) is 0 Å². The van der Waals surface area contributed by atoms with Crippen LogP contribution in [-0.2, 0) is 65.4 Å². The summed E-state index contributed by atoms with van der Waals surface area (Å²) in [6, 6.07) is 0. The van der Waals surface area contributed by atoms with E-state index in [0.29, 0.717) is 32.1 Å². The lowest BCUT2D eigenvalue weighted by Gasteiger charge is -2.21. The molecule has 17 nitrogen and oxygen atoms in total. The summed E-state index contributed by atoms with van der Waals surface area (Å²) in [4.78, 5) is 73.1. The quantitative estimate of drug-likeness (QED) is 0.0169. The van der Waals surface area contributed by atoms with Gasteiger partial charge in [0.05, 0.1) is 26.4 Å². The minimum atomic E-state index is -4.99. The monoisotopic (exact) mass is 1500 g/mol. The third-order valence-electron chi connectivity index (χ3n) is 16.9. The highest BCUT2D eigenvalue weighted by Gasteiger charge is 2.30. The van der Waals surface area contributed by atoms with Gasteiger partial charge in [-0.05, 0) is 135 Å². The molecule has 598 valence electrons. The number of carbonyl (C=O) groups is 4. The van der Waals surface area contributed by atoms with Crippen molar-refractivity contribution in [2.75, 3.05) is 39.6 Å². The van der Waals surface area contributed by atoms with Crippen LogP contribution >= 0.6 is 15.6 Å². The van der Waals surface area contributed by atoms with E-state index in [0.717, 1.165) is 180 Å². The molecule has 0 aromatic carbocycles. The summed E-state index contributed by atoms with van der Waals surface area (Å²) in [6.45, 7) is 4.58. The van der Waals surface area contributed by atoms with Crippen LogP contribution in [0.2, 0.25) is 0 Å². The molecule has 104 heavy (non-hydrogen) atoms. The zero-order valence-corrected chi connectivity index (χ0v) is 67.2. The number of allylic oxidation sites excluding steroid dienone is 20. The Morgan fingerprint density at radius 2 is 0.500 bits per heavy atom. The Morgan fingerprint density at radius 1 is 0.279 bits per heavy atom. The Kier molecular flexibility index (Phi) is 73.3. The number of phosphoric ester groups is 2. The van der Waals surface area contributed by atoms with E-state index < -0.39 is 97.5 Å². The van der Waals surface area contributed by atoms with Gasteiger partial charge in [0.25, 0.3) is 0 Å². The normalized spacial score (nSPS) is 14.5. The fourth-order valence-corrected chi connectivity index (χ4v) is 12.3. The van der Waals surface area contributed by atoms with E-state index in [1.165, 1.54) is 70.6 Å². The minimum absolute atomic E-state index is 0.0387. The molecule has 5 atom stereocenters. The SMILES string of the molecule is CC/C=C\C/C=C\C/C=C\C/C=C\CCCCC(=O)OC(COC(=O)CCCCCCCCC/C=C\C/C=C\C/C=C\CC)COP(=O)(O)OCC(O)COP(=O)(O)OCC(COC(=O)CCCCCCCC/C=C\C/C=C\C/C=C\CCCCC)OC(=O)CCCCCCCCCCCCCCC. The molecule has 19 heteroatoms. The molecule has 3 N–H and O–H groups in total. The molecule has 0 spiro atoms. The number of aliphatic hydroxyl groups excluding tert-OH is 1. The largest absolute Gasteiger partial charge is 0.472 e. The zero-order chi connectivity index (χ0) is 76.0. The number of aliphatic hydroxyl groups is 1. The Labute approximate surface area is 632 Å². The van der Waals surface area contributed by atoms with E-state index in [-0.39, 0.29) is 25.7 Å². The van der Waals surface area contributed by atoms with E-state index in [1.807, 2.05) is 0 Å². The van der Waals surface area contributed by atoms with Gasteiger partial charge in [-0.15, -0.1) is 0 Å². The molecule has 0 aliphatic rings. The van der Waals surface area contributed by atoms with E-state index in [2.05, 4.69) is 149 Å². The van der Waals surface area contributed by atoms with Crippen molar-refractivity contribution in [2.24, 2.45) is 0 Å². The van der Waals surface area contributed by atoms with Gasteiger partial charge in [-0.3, -0.25) is 37.3 Å². The third-order valence-corrected chi connectivity index (χ3v) is 18.8. The average molecular weight is 1500 g/mol. The lowest BCUT2D eigenvalue weighted by molar-refractivity contribution is -0.161. The van der Waals surface area contributed by atoms with Crippen molar-refractivity contribution in [3.8, 4) is 0 Å². The van der Waals surface area contributed by atoms with Crippen LogP contribution in [0.1, 0.15) is 336 Å². The van der Waals surface area contributed by atoms with Gasteiger partial charge in [-0.2, -0.15) is 0 Å². The molecule has 0 rings (SSSR count). The lowest BCUT2D eigenvalue weighted by atomic mass is 10.0. The first-order chi connectivity index (χ1) is 50.7. The molecule has 0 aromatic rings. The van der Waals surface area contributed by atoms with E-state index in [4.69, 9.17) is 37.0 Å². The molecule has 0 heterocycles. The highest BCUT2D eigenvalue weighted by atomic mass is 31.2. The molecular formula is C85H146O17P2. The van der Waals surface area contributed by atoms with Crippen LogP contribution in [0.15, 0.2) is 122 Å². The number of ether oxygens (including phenoxy) is 4. The second kappa shape index (κ2) is 76.6. The maximum atomic E-state index is 13.1. The topological polar surface area (TPSA) is 237 Å². The van der Waals surface area contributed by atoms with Gasteiger partial charge >= 0.3 is 39.5 Å². The Balaban J connectivity index is 5.38. The maximum Gasteiger partial charge on any atom is 0.472 e. The standard InChI is InChI=1S/C85H146O17P2/c1-5-9-13-17-21-25-29-33-36-38-39-41-44-47-50-54-58-62-66-70-83(88)95-75-80(101-84(89)71-67-63-59-55-51-45-32-28-24-20-16-12-8-4)77-99-103(91,92)97-73-79(86)74-98-104(93,94)100-78-81(102-85(90)72-68-64-60-56-52-48-42-35-31-27-23-19-15-11-7-3)76-96-82(87)69-65-61-57-53-49-46-43-40-37-34-30-26-22-18-14-10-6-2/h10-11,14-15,21-23,25-27,33-37,39,41-42,52,56,79-81,86H,5-9,12-13,16-20,24,28-32,38,40,43-51,53-55,57-78H2,1-4H3,(H,91,92)(H,93,94)/b14-10-,15-11-,25-21-,26-22-,27-23-,36-33-,37-34-,41-39-,42-35-,56-52-. The van der Waals surface area contributed by atoms with E-state index in [9.17, 15) is 43.2 Å². The number of rotatable bonds is 76. The molecule has 0 aliphatic heterocycles. The Hall–Kier alpha value is -4.54. The van der Waals surface area contributed by atoms with Gasteiger partial charge < -0.3 is 33.8 Å². The van der Waals surface area contributed by atoms with Gasteiger partial charge in [0, 0.05) is 25.7 Å². The van der Waals surface area contributed by atoms with Crippen LogP contribution in [0.4, 0.5) is 0 Å². The fraction of sp³-hybridized carbons (Fsp3) is 0.718. The molecule has 0 fully saturated rings. The predicted octanol–water partition coefficient (Wildman–Crippen LogP) is 23.9. The van der Waals surface area contributed by atoms with Gasteiger partial charge in [0.2, 0.25) is 0 Å².